The van der Waals surface area contributed by atoms with E-state index in [4.69, 9.17) is 49.3 Å². The SMILES string of the molecule is CCCCN(N=C(N)N)C(=O)COc1c(Cl)cc(Cl)cc1C(C)CC.O=C(O)C(F)(F)F. The Morgan fingerprint density at radius 2 is 1.81 bits per heavy atom. The third-order valence-corrected chi connectivity index (χ3v) is 4.51. The summed E-state index contributed by atoms with van der Waals surface area (Å²) in [6.45, 7) is 6.32. The van der Waals surface area contributed by atoms with Gasteiger partial charge >= 0.3 is 12.1 Å². The van der Waals surface area contributed by atoms with Gasteiger partial charge in [0.25, 0.3) is 5.91 Å². The number of benzene rings is 1. The number of hydrogen-bond acceptors (Lipinski definition) is 4. The number of guanidine groups is 1. The fourth-order valence-corrected chi connectivity index (χ4v) is 2.77. The van der Waals surface area contributed by atoms with E-state index < -0.39 is 12.1 Å². The average molecular weight is 503 g/mol. The molecule has 1 atom stereocenters. The Hall–Kier alpha value is -2.40. The summed E-state index contributed by atoms with van der Waals surface area (Å²) in [4.78, 5) is 21.3. The Labute approximate surface area is 194 Å². The number of rotatable bonds is 9. The van der Waals surface area contributed by atoms with Gasteiger partial charge in [0, 0.05) is 11.6 Å². The van der Waals surface area contributed by atoms with Crippen molar-refractivity contribution in [3.8, 4) is 5.75 Å². The van der Waals surface area contributed by atoms with Gasteiger partial charge in [-0.15, -0.1) is 5.10 Å². The standard InChI is InChI=1S/C17H26Cl2N4O2.C2HF3O2/c1-4-6-7-23(22-17(20)21)15(24)10-25-16-13(11(3)5-2)8-12(18)9-14(16)19;3-2(4,5)1(6)7/h8-9,11H,4-7,10H2,1-3H3,(H4,20,21,22);(H,6,7). The second-order valence-corrected chi connectivity index (χ2v) is 7.45. The van der Waals surface area contributed by atoms with E-state index in [1.165, 1.54) is 5.01 Å². The van der Waals surface area contributed by atoms with E-state index in [-0.39, 0.29) is 24.4 Å². The van der Waals surface area contributed by atoms with E-state index in [9.17, 15) is 18.0 Å². The summed E-state index contributed by atoms with van der Waals surface area (Å²) < 4.78 is 37.5. The van der Waals surface area contributed by atoms with Crippen LogP contribution in [0, 0.1) is 0 Å². The monoisotopic (exact) mass is 502 g/mol. The molecule has 0 saturated heterocycles. The minimum Gasteiger partial charge on any atom is -0.482 e. The third-order valence-electron chi connectivity index (χ3n) is 4.01. The molecule has 0 spiro atoms. The first kappa shape index (κ1) is 29.6. The van der Waals surface area contributed by atoms with Crippen LogP contribution >= 0.6 is 23.2 Å². The normalized spacial score (nSPS) is 11.6. The molecule has 0 saturated carbocycles. The molecule has 1 amide bonds. The number of nitrogens with zero attached hydrogens (tertiary/aromatic N) is 2. The van der Waals surface area contributed by atoms with E-state index in [1.54, 1.807) is 6.07 Å². The molecular weight excluding hydrogens is 476 g/mol. The number of carboxylic acid groups (broad SMARTS) is 1. The molecular formula is C19H27Cl2F3N4O4. The van der Waals surface area contributed by atoms with E-state index in [0.29, 0.717) is 22.3 Å². The maximum atomic E-state index is 12.4. The van der Waals surface area contributed by atoms with Gasteiger partial charge in [0.15, 0.2) is 6.61 Å². The van der Waals surface area contributed by atoms with Crippen molar-refractivity contribution >= 4 is 41.0 Å². The van der Waals surface area contributed by atoms with Gasteiger partial charge in [-0.25, -0.2) is 9.80 Å². The Kier molecular flexibility index (Phi) is 12.9. The zero-order valence-electron chi connectivity index (χ0n) is 17.9. The van der Waals surface area contributed by atoms with Crippen molar-refractivity contribution in [3.05, 3.63) is 27.7 Å². The number of aliphatic carboxylic acids is 1. The van der Waals surface area contributed by atoms with Gasteiger partial charge in [-0.3, -0.25) is 4.79 Å². The summed E-state index contributed by atoms with van der Waals surface area (Å²) >= 11 is 12.4. The minimum absolute atomic E-state index is 0.172. The molecule has 32 heavy (non-hydrogen) atoms. The van der Waals surface area contributed by atoms with Crippen LogP contribution in [0.5, 0.6) is 5.75 Å². The van der Waals surface area contributed by atoms with Crippen LogP contribution in [-0.4, -0.2) is 47.3 Å². The highest BCUT2D eigenvalue weighted by molar-refractivity contribution is 6.35. The van der Waals surface area contributed by atoms with Crippen molar-refractivity contribution < 1.29 is 32.6 Å². The number of nitrogens with two attached hydrogens (primary N) is 2. The van der Waals surface area contributed by atoms with Crippen LogP contribution in [0.4, 0.5) is 13.2 Å². The fraction of sp³-hybridized carbons (Fsp3) is 0.526. The lowest BCUT2D eigenvalue weighted by Crippen LogP contribution is -2.36. The van der Waals surface area contributed by atoms with Gasteiger partial charge in [-0.1, -0.05) is 50.4 Å². The van der Waals surface area contributed by atoms with Gasteiger partial charge in [-0.05, 0) is 36.5 Å². The van der Waals surface area contributed by atoms with Crippen LogP contribution in [0.3, 0.4) is 0 Å². The van der Waals surface area contributed by atoms with Gasteiger partial charge in [0.2, 0.25) is 5.96 Å². The van der Waals surface area contributed by atoms with Crippen LogP contribution < -0.4 is 16.2 Å². The number of carboxylic acids is 1. The summed E-state index contributed by atoms with van der Waals surface area (Å²) in [6, 6.07) is 3.41. The van der Waals surface area contributed by atoms with Crippen molar-refractivity contribution in [3.63, 3.8) is 0 Å². The number of carbonyl (C=O) groups is 2. The first-order chi connectivity index (χ1) is 14.7. The molecule has 0 aliphatic heterocycles. The quantitative estimate of drug-likeness (QED) is 0.261. The lowest BCUT2D eigenvalue weighted by molar-refractivity contribution is -0.192. The first-order valence-electron chi connectivity index (χ1n) is 9.56. The lowest BCUT2D eigenvalue weighted by Gasteiger charge is -2.20. The van der Waals surface area contributed by atoms with Crippen molar-refractivity contribution in [2.75, 3.05) is 13.2 Å². The Balaban J connectivity index is 0.00000118. The number of amides is 1. The molecule has 1 aromatic carbocycles. The maximum absolute atomic E-state index is 12.4. The molecule has 5 N–H and O–H groups in total. The summed E-state index contributed by atoms with van der Waals surface area (Å²) in [5.74, 6) is -2.62. The van der Waals surface area contributed by atoms with Gasteiger partial charge in [0.1, 0.15) is 5.75 Å². The van der Waals surface area contributed by atoms with Crippen molar-refractivity contribution in [1.29, 1.82) is 0 Å². The first-order valence-corrected chi connectivity index (χ1v) is 10.3. The number of hydrazone groups is 1. The Morgan fingerprint density at radius 1 is 1.25 bits per heavy atom. The number of hydrogen-bond donors (Lipinski definition) is 3. The van der Waals surface area contributed by atoms with Crippen molar-refractivity contribution in [2.24, 2.45) is 16.6 Å². The zero-order chi connectivity index (χ0) is 25.1. The van der Waals surface area contributed by atoms with Gasteiger partial charge < -0.3 is 21.3 Å². The highest BCUT2D eigenvalue weighted by atomic mass is 35.5. The molecule has 1 rings (SSSR count). The lowest BCUT2D eigenvalue weighted by atomic mass is 9.98. The molecule has 13 heteroatoms. The van der Waals surface area contributed by atoms with Crippen LogP contribution in [0.25, 0.3) is 0 Å². The Bertz CT molecular complexity index is 804. The maximum Gasteiger partial charge on any atom is 0.490 e. The smallest absolute Gasteiger partial charge is 0.482 e. The molecule has 8 nitrogen and oxygen atoms in total. The molecule has 1 aromatic rings. The van der Waals surface area contributed by atoms with E-state index in [2.05, 4.69) is 12.0 Å². The highest BCUT2D eigenvalue weighted by Gasteiger charge is 2.38. The molecule has 0 radical (unpaired) electrons. The number of unbranched alkanes of at least 4 members (excludes halogenated alkanes) is 1. The molecule has 0 aromatic heterocycles. The molecule has 0 aliphatic carbocycles. The van der Waals surface area contributed by atoms with Crippen LogP contribution in [0.15, 0.2) is 17.2 Å². The zero-order valence-corrected chi connectivity index (χ0v) is 19.4. The minimum atomic E-state index is -5.08. The molecule has 0 bridgehead atoms. The van der Waals surface area contributed by atoms with Crippen LogP contribution in [0.2, 0.25) is 10.0 Å². The predicted molar refractivity (Wildman–Crippen MR) is 117 cm³/mol. The number of halogens is 5. The van der Waals surface area contributed by atoms with E-state index >= 15 is 0 Å². The van der Waals surface area contributed by atoms with E-state index in [1.807, 2.05) is 19.9 Å². The average Bonchev–Trinajstić information content (AvgIpc) is 2.68. The highest BCUT2D eigenvalue weighted by Crippen LogP contribution is 2.37. The molecule has 0 fully saturated rings. The molecule has 182 valence electrons. The van der Waals surface area contributed by atoms with Gasteiger partial charge in [0.05, 0.1) is 5.02 Å². The van der Waals surface area contributed by atoms with Gasteiger partial charge in [-0.2, -0.15) is 13.2 Å². The van der Waals surface area contributed by atoms with Crippen molar-refractivity contribution in [2.45, 2.75) is 52.1 Å². The van der Waals surface area contributed by atoms with E-state index in [0.717, 1.165) is 24.8 Å². The molecule has 0 aliphatic rings. The Morgan fingerprint density at radius 3 is 2.25 bits per heavy atom. The predicted octanol–water partition coefficient (Wildman–Crippen LogP) is 4.34. The third kappa shape index (κ3) is 10.8. The molecule has 0 heterocycles. The summed E-state index contributed by atoms with van der Waals surface area (Å²) in [7, 11) is 0. The summed E-state index contributed by atoms with van der Waals surface area (Å²) in [5.41, 5.74) is 11.7. The number of ether oxygens (including phenoxy) is 1. The fourth-order valence-electron chi connectivity index (χ4n) is 2.20. The summed E-state index contributed by atoms with van der Waals surface area (Å²) in [6.07, 6.45) is -2.51. The van der Waals surface area contributed by atoms with Crippen molar-refractivity contribution in [1.82, 2.24) is 5.01 Å². The van der Waals surface area contributed by atoms with Crippen LogP contribution in [-0.2, 0) is 9.59 Å². The second kappa shape index (κ2) is 13.9. The number of alkyl halides is 3. The molecule has 1 unspecified atom stereocenters. The largest absolute Gasteiger partial charge is 0.490 e. The van der Waals surface area contributed by atoms with Crippen LogP contribution in [0.1, 0.15) is 51.5 Å². The summed E-state index contributed by atoms with van der Waals surface area (Å²) in [5, 5.41) is 13.1. The topological polar surface area (TPSA) is 131 Å². The number of carbonyl (C=O) groups excluding carboxylic acids is 1. The second-order valence-electron chi connectivity index (χ2n) is 6.60.